The van der Waals surface area contributed by atoms with Crippen LogP contribution in [0.4, 0.5) is 0 Å². The molecule has 4 nitrogen and oxygen atoms in total. The average molecular weight is 289 g/mol. The van der Waals surface area contributed by atoms with E-state index in [1.165, 1.54) is 18.5 Å². The lowest BCUT2D eigenvalue weighted by Gasteiger charge is -2.34. The molecule has 116 valence electrons. The highest BCUT2D eigenvalue weighted by Gasteiger charge is 2.24. The molecule has 0 aromatic heterocycles. The minimum atomic E-state index is 0.360. The minimum Gasteiger partial charge on any atom is -0.374 e. The monoisotopic (exact) mass is 289 g/mol. The van der Waals surface area contributed by atoms with E-state index in [0.717, 1.165) is 39.3 Å². The van der Waals surface area contributed by atoms with Gasteiger partial charge in [-0.05, 0) is 32.1 Å². The van der Waals surface area contributed by atoms with Gasteiger partial charge in [-0.15, -0.1) is 0 Å². The van der Waals surface area contributed by atoms with Crippen LogP contribution in [0.5, 0.6) is 0 Å². The van der Waals surface area contributed by atoms with Crippen LogP contribution in [0.15, 0.2) is 30.3 Å². The Balaban J connectivity index is 1.60. The first-order valence-corrected chi connectivity index (χ1v) is 8.12. The van der Waals surface area contributed by atoms with Gasteiger partial charge < -0.3 is 15.0 Å². The molecule has 0 radical (unpaired) electrons. The van der Waals surface area contributed by atoms with Crippen LogP contribution in [0.1, 0.15) is 18.0 Å². The molecule has 2 saturated heterocycles. The fourth-order valence-corrected chi connectivity index (χ4v) is 3.33. The number of benzene rings is 1. The molecule has 1 aromatic carbocycles. The first-order chi connectivity index (χ1) is 10.3. The van der Waals surface area contributed by atoms with Gasteiger partial charge in [-0.1, -0.05) is 30.3 Å². The fourth-order valence-electron chi connectivity index (χ4n) is 3.33. The zero-order chi connectivity index (χ0) is 14.5. The number of hydrogen-bond acceptors (Lipinski definition) is 4. The van der Waals surface area contributed by atoms with E-state index in [9.17, 15) is 0 Å². The van der Waals surface area contributed by atoms with Gasteiger partial charge in [0.25, 0.3) is 0 Å². The summed E-state index contributed by atoms with van der Waals surface area (Å²) < 4.78 is 5.93. The van der Waals surface area contributed by atoms with E-state index in [1.807, 2.05) is 0 Å². The maximum absolute atomic E-state index is 5.93. The normalized spacial score (nSPS) is 29.2. The second kappa shape index (κ2) is 7.36. The third-order valence-corrected chi connectivity index (χ3v) is 4.49. The molecular formula is C17H27N3O. The van der Waals surface area contributed by atoms with E-state index in [0.29, 0.717) is 12.1 Å². The van der Waals surface area contributed by atoms with Crippen molar-refractivity contribution in [3.63, 3.8) is 0 Å². The largest absolute Gasteiger partial charge is 0.374 e. The van der Waals surface area contributed by atoms with Gasteiger partial charge in [-0.25, -0.2) is 0 Å². The molecule has 4 heteroatoms. The van der Waals surface area contributed by atoms with Crippen LogP contribution in [0, 0.1) is 0 Å². The molecule has 1 aromatic rings. The Kier molecular flexibility index (Phi) is 5.25. The van der Waals surface area contributed by atoms with Gasteiger partial charge in [0.15, 0.2) is 0 Å². The Morgan fingerprint density at radius 1 is 1.19 bits per heavy atom. The molecule has 2 unspecified atom stereocenters. The fraction of sp³-hybridized carbons (Fsp3) is 0.647. The van der Waals surface area contributed by atoms with Crippen molar-refractivity contribution < 1.29 is 4.74 Å². The molecule has 2 aliphatic heterocycles. The number of likely N-dealkylation sites (N-methyl/N-ethyl adjacent to an activating group) is 1. The Bertz CT molecular complexity index is 425. The van der Waals surface area contributed by atoms with Crippen molar-refractivity contribution in [2.75, 3.05) is 52.9 Å². The third-order valence-electron chi connectivity index (χ3n) is 4.49. The summed E-state index contributed by atoms with van der Waals surface area (Å²) in [7, 11) is 2.19. The molecule has 0 amide bonds. The quantitative estimate of drug-likeness (QED) is 0.909. The molecular weight excluding hydrogens is 262 g/mol. The lowest BCUT2D eigenvalue weighted by atomic mass is 10.1. The van der Waals surface area contributed by atoms with E-state index >= 15 is 0 Å². The third kappa shape index (κ3) is 4.27. The molecule has 3 rings (SSSR count). The van der Waals surface area contributed by atoms with E-state index in [4.69, 9.17) is 4.74 Å². The van der Waals surface area contributed by atoms with Crippen molar-refractivity contribution in [3.8, 4) is 0 Å². The molecule has 0 aliphatic carbocycles. The Hall–Kier alpha value is -0.940. The van der Waals surface area contributed by atoms with Crippen molar-refractivity contribution >= 4 is 0 Å². The molecule has 0 saturated carbocycles. The second-order valence-corrected chi connectivity index (χ2v) is 6.29. The maximum atomic E-state index is 5.93. The zero-order valence-corrected chi connectivity index (χ0v) is 13.0. The summed E-state index contributed by atoms with van der Waals surface area (Å²) in [4.78, 5) is 4.94. The topological polar surface area (TPSA) is 27.7 Å². The molecule has 1 N–H and O–H groups in total. The molecule has 0 spiro atoms. The lowest BCUT2D eigenvalue weighted by molar-refractivity contribution is -0.0357. The highest BCUT2D eigenvalue weighted by molar-refractivity contribution is 5.19. The lowest BCUT2D eigenvalue weighted by Crippen LogP contribution is -2.46. The van der Waals surface area contributed by atoms with Gasteiger partial charge in [-0.3, -0.25) is 4.90 Å². The van der Waals surface area contributed by atoms with Crippen LogP contribution < -0.4 is 5.32 Å². The van der Waals surface area contributed by atoms with Gasteiger partial charge in [0.1, 0.15) is 0 Å². The summed E-state index contributed by atoms with van der Waals surface area (Å²) in [5.74, 6) is 0. The van der Waals surface area contributed by atoms with Gasteiger partial charge >= 0.3 is 0 Å². The van der Waals surface area contributed by atoms with Crippen molar-refractivity contribution in [1.82, 2.24) is 15.1 Å². The number of morpholine rings is 1. The standard InChI is InChI=1S/C17H27N3O/c1-19-10-11-21-16(12-19)13-20-9-5-8-18-17(14-20)15-6-3-2-4-7-15/h2-4,6-7,16-18H,5,8-14H2,1H3. The molecule has 2 heterocycles. The van der Waals surface area contributed by atoms with Crippen LogP contribution in [0.2, 0.25) is 0 Å². The molecule has 2 aliphatic rings. The average Bonchev–Trinajstić information content (AvgIpc) is 2.74. The van der Waals surface area contributed by atoms with Crippen molar-refractivity contribution in [1.29, 1.82) is 0 Å². The van der Waals surface area contributed by atoms with Crippen molar-refractivity contribution in [3.05, 3.63) is 35.9 Å². The summed E-state index contributed by atoms with van der Waals surface area (Å²) in [6.45, 7) is 7.38. The maximum Gasteiger partial charge on any atom is 0.0829 e. The summed E-state index contributed by atoms with van der Waals surface area (Å²) in [6, 6.07) is 11.2. The molecule has 2 fully saturated rings. The van der Waals surface area contributed by atoms with Gasteiger partial charge in [0.05, 0.1) is 12.7 Å². The molecule has 0 bridgehead atoms. The predicted octanol–water partition coefficient (Wildman–Crippen LogP) is 1.35. The number of hydrogen-bond donors (Lipinski definition) is 1. The van der Waals surface area contributed by atoms with Crippen molar-refractivity contribution in [2.24, 2.45) is 0 Å². The van der Waals surface area contributed by atoms with E-state index in [2.05, 4.69) is 52.5 Å². The summed E-state index contributed by atoms with van der Waals surface area (Å²) in [6.07, 6.45) is 1.57. The van der Waals surface area contributed by atoms with Crippen LogP contribution in [0.25, 0.3) is 0 Å². The molecule has 21 heavy (non-hydrogen) atoms. The van der Waals surface area contributed by atoms with E-state index in [1.54, 1.807) is 0 Å². The smallest absolute Gasteiger partial charge is 0.0829 e. The predicted molar refractivity (Wildman–Crippen MR) is 85.5 cm³/mol. The first kappa shape index (κ1) is 15.0. The summed E-state index contributed by atoms with van der Waals surface area (Å²) >= 11 is 0. The number of nitrogens with zero attached hydrogens (tertiary/aromatic N) is 2. The zero-order valence-electron chi connectivity index (χ0n) is 13.0. The van der Waals surface area contributed by atoms with E-state index in [-0.39, 0.29) is 0 Å². The highest BCUT2D eigenvalue weighted by Crippen LogP contribution is 2.17. The van der Waals surface area contributed by atoms with E-state index < -0.39 is 0 Å². The van der Waals surface area contributed by atoms with Crippen LogP contribution in [-0.4, -0.2) is 68.8 Å². The Morgan fingerprint density at radius 3 is 2.86 bits per heavy atom. The van der Waals surface area contributed by atoms with Crippen molar-refractivity contribution in [2.45, 2.75) is 18.6 Å². The summed E-state index contributed by atoms with van der Waals surface area (Å²) in [5.41, 5.74) is 1.39. The van der Waals surface area contributed by atoms with Gasteiger partial charge in [0.2, 0.25) is 0 Å². The highest BCUT2D eigenvalue weighted by atomic mass is 16.5. The molecule has 2 atom stereocenters. The Labute approximate surface area is 128 Å². The number of rotatable bonds is 3. The SMILES string of the molecule is CN1CCOC(CN2CCCNC(c3ccccc3)C2)C1. The van der Waals surface area contributed by atoms with Crippen LogP contribution in [-0.2, 0) is 4.74 Å². The minimum absolute atomic E-state index is 0.360. The first-order valence-electron chi connectivity index (χ1n) is 8.12. The van der Waals surface area contributed by atoms with Gasteiger partial charge in [0, 0.05) is 32.2 Å². The number of ether oxygens (including phenoxy) is 1. The van der Waals surface area contributed by atoms with Gasteiger partial charge in [-0.2, -0.15) is 0 Å². The second-order valence-electron chi connectivity index (χ2n) is 6.29. The van der Waals surface area contributed by atoms with Crippen LogP contribution >= 0.6 is 0 Å². The Morgan fingerprint density at radius 2 is 2.05 bits per heavy atom. The number of nitrogens with one attached hydrogen (secondary N) is 1. The van der Waals surface area contributed by atoms with Crippen LogP contribution in [0.3, 0.4) is 0 Å². The summed E-state index contributed by atoms with van der Waals surface area (Å²) in [5, 5.41) is 3.68.